The fourth-order valence-corrected chi connectivity index (χ4v) is 1.80. The second kappa shape index (κ2) is 5.78. The van der Waals surface area contributed by atoms with Crippen molar-refractivity contribution in [1.29, 1.82) is 0 Å². The number of nitrogens with zero attached hydrogens (tertiary/aromatic N) is 2. The molecule has 1 aromatic carbocycles. The standard InChI is InChI=1S/C13H13ClFN3/c1-2-11-12(15)13(18-8-17-11)16-7-9-5-3-4-6-10(9)14/h3-6,8H,2,7H2,1H3,(H,16,17,18). The minimum Gasteiger partial charge on any atom is -0.363 e. The van der Waals surface area contributed by atoms with E-state index in [0.29, 0.717) is 23.7 Å². The lowest BCUT2D eigenvalue weighted by molar-refractivity contribution is 0.596. The first-order valence-corrected chi connectivity index (χ1v) is 6.06. The molecule has 0 aliphatic rings. The van der Waals surface area contributed by atoms with Crippen LogP contribution in [-0.4, -0.2) is 9.97 Å². The Kier molecular flexibility index (Phi) is 4.10. The highest BCUT2D eigenvalue weighted by Gasteiger charge is 2.09. The van der Waals surface area contributed by atoms with Crippen LogP contribution in [0.3, 0.4) is 0 Å². The summed E-state index contributed by atoms with van der Waals surface area (Å²) >= 11 is 6.02. The van der Waals surface area contributed by atoms with Gasteiger partial charge in [0.25, 0.3) is 0 Å². The number of hydrogen-bond donors (Lipinski definition) is 1. The van der Waals surface area contributed by atoms with Crippen LogP contribution in [-0.2, 0) is 13.0 Å². The zero-order valence-corrected chi connectivity index (χ0v) is 10.7. The van der Waals surface area contributed by atoms with Gasteiger partial charge in [0, 0.05) is 11.6 Å². The molecular formula is C13H13ClFN3. The van der Waals surface area contributed by atoms with Gasteiger partial charge in [-0.1, -0.05) is 36.7 Å². The highest BCUT2D eigenvalue weighted by atomic mass is 35.5. The molecule has 0 fully saturated rings. The molecule has 0 saturated carbocycles. The minimum absolute atomic E-state index is 0.210. The van der Waals surface area contributed by atoms with E-state index in [4.69, 9.17) is 11.6 Å². The molecule has 0 amide bonds. The van der Waals surface area contributed by atoms with E-state index in [9.17, 15) is 4.39 Å². The number of hydrogen-bond acceptors (Lipinski definition) is 3. The van der Waals surface area contributed by atoms with E-state index >= 15 is 0 Å². The Morgan fingerprint density at radius 1 is 1.28 bits per heavy atom. The first-order valence-electron chi connectivity index (χ1n) is 5.69. The third-order valence-corrected chi connectivity index (χ3v) is 2.97. The van der Waals surface area contributed by atoms with E-state index in [-0.39, 0.29) is 5.82 Å². The maximum absolute atomic E-state index is 13.9. The van der Waals surface area contributed by atoms with E-state index < -0.39 is 5.82 Å². The van der Waals surface area contributed by atoms with Gasteiger partial charge in [0.2, 0.25) is 0 Å². The molecule has 0 unspecified atom stereocenters. The third kappa shape index (κ3) is 2.76. The van der Waals surface area contributed by atoms with Crippen molar-refractivity contribution >= 4 is 17.4 Å². The number of halogens is 2. The number of aryl methyl sites for hydroxylation is 1. The molecule has 0 aliphatic carbocycles. The van der Waals surface area contributed by atoms with Crippen LogP contribution in [0.4, 0.5) is 10.2 Å². The van der Waals surface area contributed by atoms with Crippen molar-refractivity contribution in [2.45, 2.75) is 19.9 Å². The van der Waals surface area contributed by atoms with Crippen molar-refractivity contribution in [3.8, 4) is 0 Å². The van der Waals surface area contributed by atoms with Crippen LogP contribution in [0.25, 0.3) is 0 Å². The molecule has 3 nitrogen and oxygen atoms in total. The lowest BCUT2D eigenvalue weighted by atomic mass is 10.2. The Bertz CT molecular complexity index is 546. The summed E-state index contributed by atoms with van der Waals surface area (Å²) in [5.74, 6) is -0.186. The quantitative estimate of drug-likeness (QED) is 0.920. The van der Waals surface area contributed by atoms with E-state index in [0.717, 1.165) is 5.56 Å². The zero-order chi connectivity index (χ0) is 13.0. The van der Waals surface area contributed by atoms with Gasteiger partial charge in [0.1, 0.15) is 6.33 Å². The molecule has 0 atom stereocenters. The zero-order valence-electron chi connectivity index (χ0n) is 9.95. The molecular weight excluding hydrogens is 253 g/mol. The van der Waals surface area contributed by atoms with Crippen LogP contribution in [0, 0.1) is 5.82 Å². The van der Waals surface area contributed by atoms with E-state index in [2.05, 4.69) is 15.3 Å². The average molecular weight is 266 g/mol. The molecule has 0 spiro atoms. The minimum atomic E-state index is -0.396. The highest BCUT2D eigenvalue weighted by Crippen LogP contribution is 2.18. The number of benzene rings is 1. The summed E-state index contributed by atoms with van der Waals surface area (Å²) in [6.07, 6.45) is 1.89. The van der Waals surface area contributed by atoms with Gasteiger partial charge in [-0.25, -0.2) is 14.4 Å². The molecule has 5 heteroatoms. The molecule has 0 aliphatic heterocycles. The van der Waals surface area contributed by atoms with Gasteiger partial charge < -0.3 is 5.32 Å². The first kappa shape index (κ1) is 12.8. The Labute approximate surface area is 110 Å². The van der Waals surface area contributed by atoms with Gasteiger partial charge in [0.15, 0.2) is 11.6 Å². The molecule has 0 radical (unpaired) electrons. The Morgan fingerprint density at radius 2 is 2.06 bits per heavy atom. The lowest BCUT2D eigenvalue weighted by Gasteiger charge is -2.09. The van der Waals surface area contributed by atoms with Gasteiger partial charge in [-0.3, -0.25) is 0 Å². The SMILES string of the molecule is CCc1ncnc(NCc2ccccc2Cl)c1F. The highest BCUT2D eigenvalue weighted by molar-refractivity contribution is 6.31. The number of anilines is 1. The first-order chi connectivity index (χ1) is 8.72. The van der Waals surface area contributed by atoms with Gasteiger partial charge in [-0.2, -0.15) is 0 Å². The fourth-order valence-electron chi connectivity index (χ4n) is 1.60. The lowest BCUT2D eigenvalue weighted by Crippen LogP contribution is -2.07. The Hall–Kier alpha value is -1.68. The fraction of sp³-hybridized carbons (Fsp3) is 0.231. The number of rotatable bonds is 4. The number of aromatic nitrogens is 2. The Balaban J connectivity index is 2.14. The van der Waals surface area contributed by atoms with Crippen LogP contribution in [0.1, 0.15) is 18.2 Å². The van der Waals surface area contributed by atoms with Crippen LogP contribution < -0.4 is 5.32 Å². The second-order valence-electron chi connectivity index (χ2n) is 3.78. The van der Waals surface area contributed by atoms with Gasteiger partial charge in [-0.15, -0.1) is 0 Å². The molecule has 94 valence electrons. The maximum Gasteiger partial charge on any atom is 0.186 e. The maximum atomic E-state index is 13.9. The average Bonchev–Trinajstić information content (AvgIpc) is 2.39. The topological polar surface area (TPSA) is 37.8 Å². The molecule has 2 rings (SSSR count). The molecule has 0 saturated heterocycles. The number of nitrogens with one attached hydrogen (secondary N) is 1. The van der Waals surface area contributed by atoms with Gasteiger partial charge in [0.05, 0.1) is 5.69 Å². The van der Waals surface area contributed by atoms with Crippen molar-refractivity contribution in [2.75, 3.05) is 5.32 Å². The van der Waals surface area contributed by atoms with Crippen LogP contribution in [0.2, 0.25) is 5.02 Å². The molecule has 1 heterocycles. The molecule has 18 heavy (non-hydrogen) atoms. The Morgan fingerprint density at radius 3 is 2.78 bits per heavy atom. The van der Waals surface area contributed by atoms with Crippen molar-refractivity contribution in [2.24, 2.45) is 0 Å². The molecule has 2 aromatic rings. The largest absolute Gasteiger partial charge is 0.363 e. The van der Waals surface area contributed by atoms with Crippen LogP contribution in [0.5, 0.6) is 0 Å². The normalized spacial score (nSPS) is 10.4. The predicted molar refractivity (Wildman–Crippen MR) is 70.1 cm³/mol. The summed E-state index contributed by atoms with van der Waals surface area (Å²) in [6.45, 7) is 2.28. The van der Waals surface area contributed by atoms with E-state index in [1.165, 1.54) is 6.33 Å². The summed E-state index contributed by atoms with van der Waals surface area (Å²) in [4.78, 5) is 7.77. The van der Waals surface area contributed by atoms with Crippen LogP contribution >= 0.6 is 11.6 Å². The molecule has 0 bridgehead atoms. The van der Waals surface area contributed by atoms with E-state index in [1.54, 1.807) is 6.07 Å². The van der Waals surface area contributed by atoms with Crippen LogP contribution in [0.15, 0.2) is 30.6 Å². The third-order valence-electron chi connectivity index (χ3n) is 2.60. The van der Waals surface area contributed by atoms with Gasteiger partial charge in [-0.05, 0) is 18.1 Å². The summed E-state index contributed by atoms with van der Waals surface area (Å²) < 4.78 is 13.9. The van der Waals surface area contributed by atoms with Crippen molar-refractivity contribution in [3.05, 3.63) is 52.7 Å². The molecule has 1 aromatic heterocycles. The van der Waals surface area contributed by atoms with Crippen molar-refractivity contribution < 1.29 is 4.39 Å². The van der Waals surface area contributed by atoms with Crippen molar-refractivity contribution in [1.82, 2.24) is 9.97 Å². The summed E-state index contributed by atoms with van der Waals surface area (Å²) in [6, 6.07) is 7.42. The predicted octanol–water partition coefficient (Wildman–Crippen LogP) is 3.44. The monoisotopic (exact) mass is 265 g/mol. The van der Waals surface area contributed by atoms with Crippen molar-refractivity contribution in [3.63, 3.8) is 0 Å². The molecule has 1 N–H and O–H groups in total. The smallest absolute Gasteiger partial charge is 0.186 e. The summed E-state index contributed by atoms with van der Waals surface area (Å²) in [5, 5.41) is 3.58. The van der Waals surface area contributed by atoms with E-state index in [1.807, 2.05) is 25.1 Å². The van der Waals surface area contributed by atoms with Gasteiger partial charge >= 0.3 is 0 Å². The summed E-state index contributed by atoms with van der Waals surface area (Å²) in [5.41, 5.74) is 1.31. The summed E-state index contributed by atoms with van der Waals surface area (Å²) in [7, 11) is 0. The second-order valence-corrected chi connectivity index (χ2v) is 4.19.